The van der Waals surface area contributed by atoms with E-state index in [0.717, 1.165) is 111 Å². The topological polar surface area (TPSA) is 436 Å². The van der Waals surface area contributed by atoms with Crippen LogP contribution in [0.1, 0.15) is 162 Å². The molecule has 7 atom stereocenters. The number of esters is 1. The van der Waals surface area contributed by atoms with Crippen LogP contribution in [-0.2, 0) is 68.5 Å². The van der Waals surface area contributed by atoms with Crippen molar-refractivity contribution in [2.75, 3.05) is 39.6 Å². The Bertz CT molecular complexity index is 6770. The zero-order chi connectivity index (χ0) is 105. The van der Waals surface area contributed by atoms with E-state index >= 15 is 0 Å². The molecule has 148 heavy (non-hydrogen) atoms. The molecule has 0 aromatic heterocycles. The molecule has 20 rings (SSSR count). The second-order valence-electron chi connectivity index (χ2n) is 37.6. The molecule has 34 heteroatoms. The van der Waals surface area contributed by atoms with Crippen molar-refractivity contribution in [2.24, 2.45) is 11.8 Å². The lowest BCUT2D eigenvalue weighted by Crippen LogP contribution is -2.61. The number of carbonyl (C=O) groups excluding carboxylic acids is 7. The minimum atomic E-state index is -2.37. The van der Waals surface area contributed by atoms with E-state index in [1.807, 2.05) is 219 Å². The van der Waals surface area contributed by atoms with Crippen molar-refractivity contribution in [3.8, 4) is 55.6 Å². The molecule has 11 aromatic rings. The molecule has 2 aliphatic heterocycles. The Kier molecular flexibility index (Phi) is 32.5. The number of nitrogens with zero attached hydrogens (tertiary/aromatic N) is 1. The van der Waals surface area contributed by atoms with Gasteiger partial charge in [-0.25, -0.2) is 55.5 Å². The first kappa shape index (κ1) is 104. The van der Waals surface area contributed by atoms with Crippen molar-refractivity contribution < 1.29 is 134 Å². The molecule has 0 bridgehead atoms. The predicted octanol–water partition coefficient (Wildman–Crippen LogP) is 18.0. The summed E-state index contributed by atoms with van der Waals surface area (Å²) >= 11 is 0. The Labute approximate surface area is 846 Å². The lowest BCUT2D eigenvalue weighted by molar-refractivity contribution is -0.150. The number of hydrogen-bond donors (Lipinski definition) is 11. The maximum Gasteiger partial charge on any atom is 0.408 e. The number of rotatable bonds is 29. The molecule has 11 N–H and O–H groups in total. The number of amides is 6. The Morgan fingerprint density at radius 1 is 0.426 bits per heavy atom. The minimum absolute atomic E-state index is 0.0249. The van der Waals surface area contributed by atoms with Crippen LogP contribution in [0.3, 0.4) is 0 Å². The maximum atomic E-state index is 13.9. The number of benzene rings is 11. The number of alkyl carbamates (subject to hydrolysis) is 4. The third-order valence-corrected chi connectivity index (χ3v) is 27.8. The van der Waals surface area contributed by atoms with E-state index in [0.29, 0.717) is 44.1 Å². The first-order valence-electron chi connectivity index (χ1n) is 48.3. The Hall–Kier alpha value is -16.7. The highest BCUT2D eigenvalue weighted by Crippen LogP contribution is 2.51. The van der Waals surface area contributed by atoms with E-state index in [-0.39, 0.29) is 99.3 Å². The number of hydrogen-bond acceptors (Lipinski definition) is 18. The van der Waals surface area contributed by atoms with Crippen LogP contribution in [0.15, 0.2) is 266 Å². The van der Waals surface area contributed by atoms with Crippen LogP contribution in [0.5, 0.6) is 0 Å². The van der Waals surface area contributed by atoms with E-state index in [4.69, 9.17) is 39.0 Å². The van der Waals surface area contributed by atoms with Crippen molar-refractivity contribution in [1.82, 2.24) is 31.5 Å². The number of aliphatic hydroxyl groups excluding tert-OH is 1. The summed E-state index contributed by atoms with van der Waals surface area (Å²) in [6, 6.07) is 74.1. The summed E-state index contributed by atoms with van der Waals surface area (Å²) in [6.07, 6.45) is 2.22. The summed E-state index contributed by atoms with van der Waals surface area (Å²) in [5.74, 6) is -18.9. The van der Waals surface area contributed by atoms with Crippen LogP contribution in [0.25, 0.3) is 55.6 Å². The lowest BCUT2D eigenvalue weighted by Gasteiger charge is -2.33. The van der Waals surface area contributed by atoms with Crippen LogP contribution in [0.2, 0.25) is 0 Å². The summed E-state index contributed by atoms with van der Waals surface area (Å²) in [7, 11) is 0. The van der Waals surface area contributed by atoms with Crippen molar-refractivity contribution >= 4 is 72.0 Å². The maximum absolute atomic E-state index is 13.9. The first-order chi connectivity index (χ1) is 71.2. The van der Waals surface area contributed by atoms with E-state index in [9.17, 15) is 94.8 Å². The van der Waals surface area contributed by atoms with Gasteiger partial charge < -0.3 is 85.8 Å². The van der Waals surface area contributed by atoms with Gasteiger partial charge in [-0.3, -0.25) is 24.0 Å². The van der Waals surface area contributed by atoms with Crippen molar-refractivity contribution in [1.29, 1.82) is 0 Å². The third kappa shape index (κ3) is 23.3. The molecule has 2 heterocycles. The molecule has 29 nitrogen and oxygen atoms in total. The van der Waals surface area contributed by atoms with Crippen molar-refractivity contribution in [2.45, 2.75) is 149 Å². The van der Waals surface area contributed by atoms with Crippen LogP contribution in [-0.4, -0.2) is 189 Å². The average molecular weight is 2020 g/mol. The molecule has 1 saturated carbocycles. The second-order valence-corrected chi connectivity index (χ2v) is 37.6. The smallest absolute Gasteiger partial charge is 0.408 e. The Morgan fingerprint density at radius 3 is 1.09 bits per heavy atom. The third-order valence-electron chi connectivity index (χ3n) is 27.8. The number of aliphatic carboxylic acids is 5. The fourth-order valence-corrected chi connectivity index (χ4v) is 20.5. The highest BCUT2D eigenvalue weighted by molar-refractivity contribution is 5.99. The SMILES string of the molecule is CC(C)C[C@H](NC(=O)OCC1c2ccccc2-c2ccccc21)[C@@H](O)CC(=O)O.O=C(NC1(C(=O)O)CC1)OCC1c2ccccc2-c2ccccc21.O=C(N[C@@H](C(=O)O)C1=CCC=CC1)OCC1c2ccccc2-c2ccccc21.O=C(N[C@H](Cc1c(F)c(F)c(F)c(F)c1F)C(=O)O)OCC1c2ccccc2-c2ccccc21.O=C(O)C[C@@H]1NC(=O)[C@@H]2C[C@H](CC(=O)OCC3c4ccccc4-c4ccccc43)CN2C1=O. The highest BCUT2D eigenvalue weighted by atomic mass is 19.2. The molecule has 7 aliphatic carbocycles. The molecule has 6 amide bonds. The van der Waals surface area contributed by atoms with Crippen LogP contribution >= 0.6 is 0 Å². The zero-order valence-corrected chi connectivity index (χ0v) is 80.1. The van der Waals surface area contributed by atoms with Gasteiger partial charge in [-0.1, -0.05) is 275 Å². The lowest BCUT2D eigenvalue weighted by atomic mass is 9.97. The number of carboxylic acid groups (broad SMARTS) is 5. The van der Waals surface area contributed by atoms with Gasteiger partial charge in [0.1, 0.15) is 56.7 Å². The van der Waals surface area contributed by atoms with Gasteiger partial charge in [-0.15, -0.1) is 0 Å². The van der Waals surface area contributed by atoms with Gasteiger partial charge in [0.15, 0.2) is 29.3 Å². The molecule has 2 saturated heterocycles. The van der Waals surface area contributed by atoms with E-state index < -0.39 is 156 Å². The second kappa shape index (κ2) is 46.2. The quantitative estimate of drug-likeness (QED) is 0.00518. The van der Waals surface area contributed by atoms with E-state index in [1.54, 1.807) is 0 Å². The Morgan fingerprint density at radius 2 is 0.770 bits per heavy atom. The molecule has 764 valence electrons. The van der Waals surface area contributed by atoms with Gasteiger partial charge in [0.25, 0.3) is 0 Å². The summed E-state index contributed by atoms with van der Waals surface area (Å²) < 4.78 is 95.1. The number of carboxylic acids is 5. The fourth-order valence-electron chi connectivity index (χ4n) is 20.5. The number of halogens is 5. The predicted molar refractivity (Wildman–Crippen MR) is 530 cm³/mol. The van der Waals surface area contributed by atoms with E-state index in [2.05, 4.69) is 81.9 Å². The number of fused-ring (bicyclic) bond motifs is 16. The van der Waals surface area contributed by atoms with Gasteiger partial charge in [-0.2, -0.15) is 0 Å². The first-order valence-corrected chi connectivity index (χ1v) is 48.3. The monoisotopic (exact) mass is 2020 g/mol. The molecule has 9 aliphatic rings. The summed E-state index contributed by atoms with van der Waals surface area (Å²) in [5, 5.41) is 68.0. The van der Waals surface area contributed by atoms with Crippen LogP contribution in [0.4, 0.5) is 41.1 Å². The van der Waals surface area contributed by atoms with Crippen LogP contribution < -0.4 is 26.6 Å². The molecular weight excluding hydrogens is 1920 g/mol. The Balaban J connectivity index is 0.000000133. The highest BCUT2D eigenvalue weighted by Gasteiger charge is 2.53. The van der Waals surface area contributed by atoms with E-state index in [1.165, 1.54) is 4.90 Å². The van der Waals surface area contributed by atoms with Crippen LogP contribution in [0, 0.1) is 40.9 Å². The van der Waals surface area contributed by atoms with Gasteiger partial charge in [0, 0.05) is 48.1 Å². The number of piperazine rings is 1. The largest absolute Gasteiger partial charge is 0.481 e. The minimum Gasteiger partial charge on any atom is -0.481 e. The number of nitrogens with one attached hydrogen (secondary N) is 5. The molecule has 0 unspecified atom stereocenters. The average Bonchev–Trinajstić information content (AvgIpc) is 1.78. The summed E-state index contributed by atoms with van der Waals surface area (Å²) in [5.41, 5.74) is 20.1. The van der Waals surface area contributed by atoms with Gasteiger partial charge in [-0.05, 0) is 167 Å². The standard InChI is InChI=1S/C25H24N2O6.C24H16F5NO4.C23H27NO5.C23H21NO4.C19H17NO4/c28-22(29)11-20-25(32)27-12-14(9-21(27)24(31)26-20)10-23(30)33-13-19-17-7-3-1-5-15(17)16-6-2-4-8-18(16)19;25-18-15(19(26)21(28)22(29)20(18)27)9-17(23(31)32)30-24(33)34-10-16-13-7-3-1-5-11(13)12-6-2-4-8-14(12)16;1-14(2)11-20(21(25)12-22(26)27)24-23(28)29-13-19-17-9-5-3-7-15(17)16-8-4-6-10-18(16)19;25-22(26)21(15-8-2-1-3-9-15)24-23(27)28-14-20-18-12-6-4-10-16(18)17-11-5-7-13-19(17)20;21-17(22)19(9-10-19)20-18(23)24-11-16-14-7-3-1-5-12(14)13-6-2-4-8-15(13)16/h1-8,14,19-21H,9-13H2,(H,26,31)(H,28,29);1-8,16-17H,9-10H2,(H,30,33)(H,31,32);3-10,14,19-21,25H,11-13H2,1-2H3,(H,24,28)(H,26,27);1-2,4-7,9-13,20-21H,3,8,14H2,(H,24,27)(H,25,26);1-8,16H,9-11H2,(H,20,23)(H,21,22)/t14-,20+,21+;17-;20-,21-;21-;/m1101./s1. The molecule has 11 aromatic carbocycles. The summed E-state index contributed by atoms with van der Waals surface area (Å²) in [6.45, 7) is 4.71. The number of allylic oxidation sites excluding steroid dienone is 3. The van der Waals surface area contributed by atoms with Crippen molar-refractivity contribution in [3.63, 3.8) is 0 Å². The number of carbonyl (C=O) groups is 12. The molecule has 0 spiro atoms. The normalized spacial score (nSPS) is 16.9. The van der Waals surface area contributed by atoms with Gasteiger partial charge >= 0.3 is 60.2 Å². The zero-order valence-electron chi connectivity index (χ0n) is 80.1. The molecule has 0 radical (unpaired) electrons. The fraction of sp³-hybridized carbons (Fsp3) is 0.281. The van der Waals surface area contributed by atoms with Gasteiger partial charge in [0.05, 0.1) is 31.4 Å². The number of aliphatic hydroxyl groups is 1. The van der Waals surface area contributed by atoms with Gasteiger partial charge in [0.2, 0.25) is 17.6 Å². The molecular formula is C114H105F5N6O23. The molecule has 3 fully saturated rings. The number of ether oxygens (including phenoxy) is 5. The summed E-state index contributed by atoms with van der Waals surface area (Å²) in [4.78, 5) is 144. The van der Waals surface area contributed by atoms with Crippen molar-refractivity contribution in [3.05, 3.63) is 357 Å².